The summed E-state index contributed by atoms with van der Waals surface area (Å²) < 4.78 is 15.6. The third kappa shape index (κ3) is 3.61. The summed E-state index contributed by atoms with van der Waals surface area (Å²) in [5.74, 6) is -1.94. The van der Waals surface area contributed by atoms with Gasteiger partial charge in [-0.2, -0.15) is 0 Å². The van der Waals surface area contributed by atoms with E-state index in [1.807, 2.05) is 0 Å². The Morgan fingerprint density at radius 3 is 2.36 bits per heavy atom. The van der Waals surface area contributed by atoms with Gasteiger partial charge in [0.2, 0.25) is 5.78 Å². The predicted octanol–water partition coefficient (Wildman–Crippen LogP) is 3.84. The Labute approximate surface area is 201 Å². The molecule has 0 unspecified atom stereocenters. The van der Waals surface area contributed by atoms with Crippen LogP contribution in [0, 0.1) is 10.1 Å². The molecule has 1 heterocycles. The van der Waals surface area contributed by atoms with Crippen molar-refractivity contribution in [2.45, 2.75) is 6.61 Å². The lowest BCUT2D eigenvalue weighted by atomic mass is 9.82. The van der Waals surface area contributed by atoms with Gasteiger partial charge in [0.05, 0.1) is 12.0 Å². The molecular formula is C26H15NO9. The highest BCUT2D eigenvalue weighted by molar-refractivity contribution is 6.30. The molecule has 1 aromatic heterocycles. The summed E-state index contributed by atoms with van der Waals surface area (Å²) in [5.41, 5.74) is -1.97. The van der Waals surface area contributed by atoms with E-state index in [1.54, 1.807) is 18.2 Å². The summed E-state index contributed by atoms with van der Waals surface area (Å²) in [4.78, 5) is 62.0. The molecule has 10 heteroatoms. The molecule has 1 aliphatic rings. The van der Waals surface area contributed by atoms with Crippen LogP contribution in [0.4, 0.5) is 5.69 Å². The topological polar surface area (TPSA) is 143 Å². The van der Waals surface area contributed by atoms with Gasteiger partial charge in [0.15, 0.2) is 5.78 Å². The van der Waals surface area contributed by atoms with Gasteiger partial charge < -0.3 is 13.9 Å². The monoisotopic (exact) mass is 485 g/mol. The molecule has 178 valence electrons. The first kappa shape index (κ1) is 22.7. The van der Waals surface area contributed by atoms with Gasteiger partial charge in [0.1, 0.15) is 29.1 Å². The number of nitro groups is 1. The van der Waals surface area contributed by atoms with E-state index in [1.165, 1.54) is 37.4 Å². The van der Waals surface area contributed by atoms with Gasteiger partial charge in [0.25, 0.3) is 5.69 Å². The molecule has 0 atom stereocenters. The highest BCUT2D eigenvalue weighted by Gasteiger charge is 2.39. The van der Waals surface area contributed by atoms with E-state index in [9.17, 15) is 29.3 Å². The Bertz CT molecular complexity index is 1680. The van der Waals surface area contributed by atoms with Crippen molar-refractivity contribution in [2.75, 3.05) is 7.11 Å². The number of carbonyl (C=O) groups excluding carboxylic acids is 3. The maximum atomic E-state index is 13.1. The minimum absolute atomic E-state index is 0.0153. The molecule has 3 aromatic carbocycles. The van der Waals surface area contributed by atoms with Crippen molar-refractivity contribution in [1.82, 2.24) is 0 Å². The van der Waals surface area contributed by atoms with Crippen molar-refractivity contribution in [2.24, 2.45) is 0 Å². The molecular weight excluding hydrogens is 470 g/mol. The van der Waals surface area contributed by atoms with Crippen LogP contribution in [0.2, 0.25) is 0 Å². The summed E-state index contributed by atoms with van der Waals surface area (Å²) in [6, 6.07) is 14.1. The summed E-state index contributed by atoms with van der Waals surface area (Å²) in [6.45, 7) is -0.406. The number of esters is 1. The molecule has 4 aromatic rings. The Hall–Kier alpha value is -5.12. The van der Waals surface area contributed by atoms with Crippen LogP contribution in [0.5, 0.6) is 5.75 Å². The second-order valence-corrected chi connectivity index (χ2v) is 7.87. The highest BCUT2D eigenvalue weighted by Crippen LogP contribution is 2.36. The molecule has 0 spiro atoms. The standard InChI is InChI=1S/C26H15NO9/c1-34-14-6-7-15-13(10-21(28)36-20(15)11-14)12-35-26(31)19-9-8-18-22(23(19)27(32)33)25(30)17-5-3-2-4-16(17)24(18)29/h2-11H,12H2,1H3. The first-order valence-electron chi connectivity index (χ1n) is 10.6. The third-order valence-electron chi connectivity index (χ3n) is 5.86. The van der Waals surface area contributed by atoms with Crippen molar-refractivity contribution in [3.05, 3.63) is 115 Å². The van der Waals surface area contributed by atoms with E-state index in [0.29, 0.717) is 16.7 Å². The molecule has 0 radical (unpaired) electrons. The number of benzene rings is 3. The van der Waals surface area contributed by atoms with Gasteiger partial charge in [-0.25, -0.2) is 9.59 Å². The summed E-state index contributed by atoms with van der Waals surface area (Å²) >= 11 is 0. The zero-order valence-corrected chi connectivity index (χ0v) is 18.6. The molecule has 0 fully saturated rings. The maximum Gasteiger partial charge on any atom is 0.345 e. The summed E-state index contributed by atoms with van der Waals surface area (Å²) in [6.07, 6.45) is 0. The van der Waals surface area contributed by atoms with Crippen LogP contribution in [0.3, 0.4) is 0 Å². The minimum atomic E-state index is -1.10. The Kier molecular flexibility index (Phi) is 5.40. The lowest BCUT2D eigenvalue weighted by Crippen LogP contribution is -2.23. The summed E-state index contributed by atoms with van der Waals surface area (Å²) in [7, 11) is 1.45. The fourth-order valence-corrected chi connectivity index (χ4v) is 4.20. The predicted molar refractivity (Wildman–Crippen MR) is 125 cm³/mol. The molecule has 0 bridgehead atoms. The molecule has 36 heavy (non-hydrogen) atoms. The van der Waals surface area contributed by atoms with Gasteiger partial charge in [-0.15, -0.1) is 0 Å². The largest absolute Gasteiger partial charge is 0.497 e. The number of nitro benzene ring substituents is 1. The summed E-state index contributed by atoms with van der Waals surface area (Å²) in [5, 5.41) is 12.5. The fraction of sp³-hybridized carbons (Fsp3) is 0.0769. The number of hydrogen-bond donors (Lipinski definition) is 0. The molecule has 0 saturated carbocycles. The van der Waals surface area contributed by atoms with Gasteiger partial charge in [-0.1, -0.05) is 24.3 Å². The fourth-order valence-electron chi connectivity index (χ4n) is 4.20. The third-order valence-corrected chi connectivity index (χ3v) is 5.86. The number of hydrogen-bond acceptors (Lipinski definition) is 9. The lowest BCUT2D eigenvalue weighted by molar-refractivity contribution is -0.385. The smallest absolute Gasteiger partial charge is 0.345 e. The second-order valence-electron chi connectivity index (χ2n) is 7.87. The van der Waals surface area contributed by atoms with Crippen LogP contribution in [-0.4, -0.2) is 29.6 Å². The minimum Gasteiger partial charge on any atom is -0.497 e. The van der Waals surface area contributed by atoms with Crippen LogP contribution >= 0.6 is 0 Å². The SMILES string of the molecule is COc1ccc2c(COC(=O)c3ccc4c(c3[N+](=O)[O-])C(=O)c3ccccc3C4=O)cc(=O)oc2c1. The average molecular weight is 485 g/mol. The first-order valence-corrected chi connectivity index (χ1v) is 10.6. The van der Waals surface area contributed by atoms with Crippen molar-refractivity contribution >= 4 is 34.2 Å². The van der Waals surface area contributed by atoms with Crippen molar-refractivity contribution in [1.29, 1.82) is 0 Å². The van der Waals surface area contributed by atoms with E-state index in [4.69, 9.17) is 13.9 Å². The van der Waals surface area contributed by atoms with Gasteiger partial charge in [0, 0.05) is 39.8 Å². The van der Waals surface area contributed by atoms with Crippen LogP contribution in [0.1, 0.15) is 47.8 Å². The second kappa shape index (κ2) is 8.58. The quantitative estimate of drug-likeness (QED) is 0.157. The van der Waals surface area contributed by atoms with Crippen molar-refractivity contribution in [3.8, 4) is 5.75 Å². The molecule has 1 aliphatic carbocycles. The normalized spacial score (nSPS) is 12.1. The molecule has 5 rings (SSSR count). The maximum absolute atomic E-state index is 13.1. The number of methoxy groups -OCH3 is 1. The Morgan fingerprint density at radius 2 is 1.67 bits per heavy atom. The number of ether oxygens (including phenoxy) is 2. The van der Waals surface area contributed by atoms with Gasteiger partial charge in [-0.3, -0.25) is 19.7 Å². The number of ketones is 2. The van der Waals surface area contributed by atoms with Gasteiger partial charge >= 0.3 is 11.6 Å². The van der Waals surface area contributed by atoms with Crippen molar-refractivity contribution in [3.63, 3.8) is 0 Å². The number of rotatable bonds is 5. The van der Waals surface area contributed by atoms with E-state index in [0.717, 1.165) is 12.1 Å². The molecule has 0 saturated heterocycles. The Balaban J connectivity index is 1.53. The number of nitrogens with zero attached hydrogens (tertiary/aromatic N) is 1. The highest BCUT2D eigenvalue weighted by atomic mass is 16.6. The van der Waals surface area contributed by atoms with Crippen LogP contribution in [-0.2, 0) is 11.3 Å². The molecule has 0 N–H and O–H groups in total. The van der Waals surface area contributed by atoms with Gasteiger partial charge in [-0.05, 0) is 24.3 Å². The van der Waals surface area contributed by atoms with Crippen LogP contribution in [0.25, 0.3) is 11.0 Å². The van der Waals surface area contributed by atoms with E-state index < -0.39 is 51.5 Å². The molecule has 10 nitrogen and oxygen atoms in total. The average Bonchev–Trinajstić information content (AvgIpc) is 2.88. The lowest BCUT2D eigenvalue weighted by Gasteiger charge is -2.18. The van der Waals surface area contributed by atoms with E-state index >= 15 is 0 Å². The van der Waals surface area contributed by atoms with Crippen molar-refractivity contribution < 1.29 is 33.2 Å². The first-order chi connectivity index (χ1) is 17.3. The molecule has 0 amide bonds. The number of carbonyl (C=O) groups is 3. The number of fused-ring (bicyclic) bond motifs is 3. The van der Waals surface area contributed by atoms with Crippen LogP contribution in [0.15, 0.2) is 69.9 Å². The van der Waals surface area contributed by atoms with E-state index in [-0.39, 0.29) is 22.3 Å². The Morgan fingerprint density at radius 1 is 0.944 bits per heavy atom. The zero-order chi connectivity index (χ0) is 25.6. The van der Waals surface area contributed by atoms with E-state index in [2.05, 4.69) is 0 Å². The molecule has 0 aliphatic heterocycles. The van der Waals surface area contributed by atoms with Crippen LogP contribution < -0.4 is 10.4 Å². The zero-order valence-electron chi connectivity index (χ0n) is 18.6.